The third-order valence-corrected chi connectivity index (χ3v) is 14.8. The van der Waals surface area contributed by atoms with Crippen molar-refractivity contribution in [3.63, 3.8) is 0 Å². The van der Waals surface area contributed by atoms with Gasteiger partial charge in [-0.2, -0.15) is 0 Å². The Morgan fingerprint density at radius 2 is 0.829 bits per heavy atom. The molecule has 0 aromatic heterocycles. The first-order valence-corrected chi connectivity index (χ1v) is 31.8. The van der Waals surface area contributed by atoms with Crippen LogP contribution in [0.5, 0.6) is 0 Å². The second-order valence-electron chi connectivity index (χ2n) is 22.1. The average Bonchev–Trinajstić information content (AvgIpc) is 3.32. The quantitative estimate of drug-likeness (QED) is 0.0272. The first-order chi connectivity index (χ1) is 34.0. The Morgan fingerprint density at radius 1 is 0.500 bits per heavy atom. The first-order valence-electron chi connectivity index (χ1n) is 30.3. The van der Waals surface area contributed by atoms with Gasteiger partial charge in [0.2, 0.25) is 5.91 Å². The Bertz CT molecular complexity index is 1230. The summed E-state index contributed by atoms with van der Waals surface area (Å²) >= 11 is 0. The SMILES string of the molecule is CCCCCCC/C=C\C/C=C\C/C=C\CCCCCCCCCCCCCCCCCCC(=O)NC(COP(=O)([O-])OCC[N+](C)(C)C)C(O)CCCCCCCCCCCCCCCCCCC. The van der Waals surface area contributed by atoms with E-state index >= 15 is 0 Å². The normalized spacial score (nSPS) is 14.1. The summed E-state index contributed by atoms with van der Waals surface area (Å²) in [7, 11) is 1.31. The summed E-state index contributed by atoms with van der Waals surface area (Å²) < 4.78 is 23.4. The number of nitrogens with zero attached hydrogens (tertiary/aromatic N) is 1. The van der Waals surface area contributed by atoms with Crippen LogP contribution in [0.2, 0.25) is 0 Å². The van der Waals surface area contributed by atoms with Crippen molar-refractivity contribution >= 4 is 13.7 Å². The van der Waals surface area contributed by atoms with Gasteiger partial charge in [-0.05, 0) is 51.4 Å². The number of phosphoric ester groups is 1. The fourth-order valence-electron chi connectivity index (χ4n) is 9.11. The highest BCUT2D eigenvalue weighted by atomic mass is 31.2. The zero-order valence-corrected chi connectivity index (χ0v) is 48.1. The maximum absolute atomic E-state index is 13.0. The van der Waals surface area contributed by atoms with Gasteiger partial charge in [0, 0.05) is 6.42 Å². The zero-order valence-electron chi connectivity index (χ0n) is 47.2. The summed E-state index contributed by atoms with van der Waals surface area (Å²) in [5, 5.41) is 14.0. The molecule has 0 aliphatic rings. The second-order valence-corrected chi connectivity index (χ2v) is 23.5. The Balaban J connectivity index is 4.05. The molecule has 0 aliphatic heterocycles. The highest BCUT2D eigenvalue weighted by Gasteiger charge is 2.24. The summed E-state index contributed by atoms with van der Waals surface area (Å²) in [4.78, 5) is 25.5. The molecular formula is C61H119N2O6P. The van der Waals surface area contributed by atoms with E-state index in [0.29, 0.717) is 23.9 Å². The van der Waals surface area contributed by atoms with Crippen molar-refractivity contribution in [1.29, 1.82) is 0 Å². The van der Waals surface area contributed by atoms with Crippen molar-refractivity contribution in [3.05, 3.63) is 36.5 Å². The van der Waals surface area contributed by atoms with Crippen LogP contribution in [0.4, 0.5) is 0 Å². The molecule has 0 spiro atoms. The fourth-order valence-corrected chi connectivity index (χ4v) is 9.83. The number of hydrogen-bond donors (Lipinski definition) is 2. The van der Waals surface area contributed by atoms with Gasteiger partial charge in [-0.15, -0.1) is 0 Å². The summed E-state index contributed by atoms with van der Waals surface area (Å²) in [5.74, 6) is -0.161. The van der Waals surface area contributed by atoms with Gasteiger partial charge in [-0.3, -0.25) is 9.36 Å². The highest BCUT2D eigenvalue weighted by molar-refractivity contribution is 7.45. The molecule has 3 unspecified atom stereocenters. The predicted molar refractivity (Wildman–Crippen MR) is 302 cm³/mol. The number of phosphoric acid groups is 1. The minimum atomic E-state index is -4.57. The van der Waals surface area contributed by atoms with Crippen LogP contribution in [-0.4, -0.2) is 68.5 Å². The van der Waals surface area contributed by atoms with Crippen molar-refractivity contribution in [3.8, 4) is 0 Å². The number of unbranched alkanes of at least 4 members (excludes halogenated alkanes) is 37. The second kappa shape index (κ2) is 52.6. The largest absolute Gasteiger partial charge is 0.756 e. The van der Waals surface area contributed by atoms with Crippen LogP contribution in [-0.2, 0) is 18.4 Å². The molecule has 0 radical (unpaired) electrons. The Kier molecular flexibility index (Phi) is 51.6. The van der Waals surface area contributed by atoms with Crippen molar-refractivity contribution in [2.24, 2.45) is 0 Å². The van der Waals surface area contributed by atoms with E-state index < -0.39 is 20.0 Å². The van der Waals surface area contributed by atoms with Gasteiger partial charge in [0.05, 0.1) is 39.9 Å². The number of carbonyl (C=O) groups is 1. The molecule has 8 nitrogen and oxygen atoms in total. The van der Waals surface area contributed by atoms with Gasteiger partial charge < -0.3 is 28.8 Å². The smallest absolute Gasteiger partial charge is 0.268 e. The number of amides is 1. The summed E-state index contributed by atoms with van der Waals surface area (Å²) in [6.45, 7) is 4.74. The van der Waals surface area contributed by atoms with E-state index in [1.807, 2.05) is 21.1 Å². The molecule has 0 saturated carbocycles. The number of quaternary nitrogens is 1. The predicted octanol–water partition coefficient (Wildman–Crippen LogP) is 17.9. The first kappa shape index (κ1) is 68.7. The number of aliphatic hydroxyl groups excluding tert-OH is 1. The van der Waals surface area contributed by atoms with E-state index in [1.54, 1.807) is 0 Å². The number of hydrogen-bond acceptors (Lipinski definition) is 6. The molecule has 2 N–H and O–H groups in total. The van der Waals surface area contributed by atoms with Crippen molar-refractivity contribution in [2.75, 3.05) is 40.9 Å². The van der Waals surface area contributed by atoms with Gasteiger partial charge in [-0.25, -0.2) is 0 Å². The van der Waals surface area contributed by atoms with Crippen LogP contribution in [0, 0.1) is 0 Å². The van der Waals surface area contributed by atoms with Crippen molar-refractivity contribution in [2.45, 2.75) is 309 Å². The fraction of sp³-hybridized carbons (Fsp3) is 0.885. The van der Waals surface area contributed by atoms with Gasteiger partial charge >= 0.3 is 0 Å². The Labute approximate surface area is 436 Å². The maximum atomic E-state index is 13.0. The third-order valence-electron chi connectivity index (χ3n) is 13.9. The van der Waals surface area contributed by atoms with Crippen LogP contribution in [0.25, 0.3) is 0 Å². The van der Waals surface area contributed by atoms with Gasteiger partial charge in [-0.1, -0.05) is 275 Å². The molecule has 0 heterocycles. The van der Waals surface area contributed by atoms with Crippen LogP contribution in [0.1, 0.15) is 296 Å². The number of aliphatic hydroxyl groups is 1. The molecule has 0 fully saturated rings. The molecule has 0 aliphatic carbocycles. The highest BCUT2D eigenvalue weighted by Crippen LogP contribution is 2.38. The van der Waals surface area contributed by atoms with Crippen LogP contribution < -0.4 is 10.2 Å². The van der Waals surface area contributed by atoms with Gasteiger partial charge in [0.1, 0.15) is 13.2 Å². The molecule has 0 aromatic rings. The lowest BCUT2D eigenvalue weighted by molar-refractivity contribution is -0.870. The third kappa shape index (κ3) is 54.5. The number of nitrogens with one attached hydrogen (secondary N) is 1. The van der Waals surface area contributed by atoms with Crippen molar-refractivity contribution in [1.82, 2.24) is 5.32 Å². The van der Waals surface area contributed by atoms with E-state index in [9.17, 15) is 19.4 Å². The van der Waals surface area contributed by atoms with E-state index in [0.717, 1.165) is 51.4 Å². The molecule has 414 valence electrons. The molecule has 1 amide bonds. The van der Waals surface area contributed by atoms with Crippen molar-refractivity contribution < 1.29 is 32.9 Å². The van der Waals surface area contributed by atoms with E-state index in [-0.39, 0.29) is 19.1 Å². The molecule has 9 heteroatoms. The summed E-state index contributed by atoms with van der Waals surface area (Å²) in [6, 6.07) is -0.800. The monoisotopic (exact) mass is 1010 g/mol. The lowest BCUT2D eigenvalue weighted by Crippen LogP contribution is -2.46. The molecule has 0 bridgehead atoms. The zero-order chi connectivity index (χ0) is 51.3. The van der Waals surface area contributed by atoms with E-state index in [1.165, 1.54) is 218 Å². The van der Waals surface area contributed by atoms with Crippen LogP contribution in [0.15, 0.2) is 36.5 Å². The lowest BCUT2D eigenvalue weighted by atomic mass is 10.0. The van der Waals surface area contributed by atoms with E-state index in [4.69, 9.17) is 9.05 Å². The van der Waals surface area contributed by atoms with E-state index in [2.05, 4.69) is 55.6 Å². The standard InChI is InChI=1S/C61H119N2O6P/c1-6-8-10-12-14-16-18-20-22-24-25-26-27-28-29-30-31-32-33-34-35-36-37-39-41-43-45-47-49-51-53-55-61(65)62-59(58-69-70(66,67)68-57-56-63(3,4)5)60(64)54-52-50-48-46-44-42-40-38-23-21-19-17-15-13-11-9-7-2/h18,20,24-25,27-28,59-60,64H,6-17,19,21-23,26,29-58H2,1-5H3,(H-,62,65,66,67)/b20-18-,25-24-,28-27-. The van der Waals surface area contributed by atoms with Gasteiger partial charge in [0.15, 0.2) is 0 Å². The van der Waals surface area contributed by atoms with Crippen LogP contribution >= 0.6 is 7.82 Å². The Morgan fingerprint density at radius 3 is 1.20 bits per heavy atom. The van der Waals surface area contributed by atoms with Crippen LogP contribution in [0.3, 0.4) is 0 Å². The molecule has 70 heavy (non-hydrogen) atoms. The molecule has 0 rings (SSSR count). The number of likely N-dealkylation sites (N-methyl/N-ethyl adjacent to an activating group) is 1. The molecule has 0 saturated heterocycles. The number of carbonyl (C=O) groups excluding carboxylic acids is 1. The van der Waals surface area contributed by atoms with Gasteiger partial charge in [0.25, 0.3) is 7.82 Å². The minimum Gasteiger partial charge on any atom is -0.756 e. The summed E-state index contributed by atoms with van der Waals surface area (Å²) in [6.07, 6.45) is 67.5. The number of rotatable bonds is 56. The molecule has 3 atom stereocenters. The lowest BCUT2D eigenvalue weighted by Gasteiger charge is -2.30. The average molecular weight is 1010 g/mol. The number of allylic oxidation sites excluding steroid dienone is 6. The Hall–Kier alpha value is -1.28. The molecule has 0 aromatic carbocycles. The minimum absolute atomic E-state index is 0.0134. The summed E-state index contributed by atoms with van der Waals surface area (Å²) in [5.41, 5.74) is 0. The maximum Gasteiger partial charge on any atom is 0.268 e. The topological polar surface area (TPSA) is 108 Å². The molecular weight excluding hydrogens is 888 g/mol.